The van der Waals surface area contributed by atoms with E-state index in [1.54, 1.807) is 25.1 Å². The normalized spacial score (nSPS) is 9.73. The number of rotatable bonds is 1. The van der Waals surface area contributed by atoms with E-state index >= 15 is 0 Å². The van der Waals surface area contributed by atoms with Crippen molar-refractivity contribution in [3.05, 3.63) is 33.8 Å². The third-order valence-corrected chi connectivity index (χ3v) is 1.97. The van der Waals surface area contributed by atoms with Gasteiger partial charge in [-0.15, -0.1) is 0 Å². The summed E-state index contributed by atoms with van der Waals surface area (Å²) in [6, 6.07) is 5.21. The van der Waals surface area contributed by atoms with Crippen molar-refractivity contribution in [2.45, 2.75) is 6.92 Å². The van der Waals surface area contributed by atoms with Crippen molar-refractivity contribution in [2.24, 2.45) is 0 Å². The van der Waals surface area contributed by atoms with E-state index < -0.39 is 0 Å². The first kappa shape index (κ1) is 8.57. The van der Waals surface area contributed by atoms with Crippen LogP contribution in [0.1, 0.15) is 12.5 Å². The van der Waals surface area contributed by atoms with Gasteiger partial charge in [0.25, 0.3) is 0 Å². The monoisotopic (exact) mass is 187 g/mol. The molecule has 58 valence electrons. The summed E-state index contributed by atoms with van der Waals surface area (Å²) in [6.07, 6.45) is 0. The number of hydrogen-bond donors (Lipinski definition) is 1. The SMILES string of the molecule is CC(=N)c1c(Cl)cccc1Cl. The van der Waals surface area contributed by atoms with Crippen LogP contribution >= 0.6 is 23.2 Å². The summed E-state index contributed by atoms with van der Waals surface area (Å²) in [7, 11) is 0. The van der Waals surface area contributed by atoms with Crippen LogP contribution in [0.4, 0.5) is 0 Å². The Bertz CT molecular complexity index is 274. The van der Waals surface area contributed by atoms with Crippen LogP contribution in [0.15, 0.2) is 18.2 Å². The zero-order valence-electron chi connectivity index (χ0n) is 5.99. The summed E-state index contributed by atoms with van der Waals surface area (Å²) in [6.45, 7) is 1.66. The van der Waals surface area contributed by atoms with Crippen molar-refractivity contribution in [1.29, 1.82) is 5.41 Å². The van der Waals surface area contributed by atoms with Gasteiger partial charge >= 0.3 is 0 Å². The van der Waals surface area contributed by atoms with Gasteiger partial charge in [0.2, 0.25) is 0 Å². The molecule has 0 aliphatic heterocycles. The smallest absolute Gasteiger partial charge is 0.0511 e. The molecule has 0 amide bonds. The molecule has 0 fully saturated rings. The minimum atomic E-state index is 0.389. The van der Waals surface area contributed by atoms with Gasteiger partial charge in [-0.05, 0) is 19.1 Å². The van der Waals surface area contributed by atoms with Crippen molar-refractivity contribution in [3.63, 3.8) is 0 Å². The van der Waals surface area contributed by atoms with Crippen LogP contribution in [0.3, 0.4) is 0 Å². The molecule has 1 aromatic carbocycles. The molecule has 11 heavy (non-hydrogen) atoms. The maximum atomic E-state index is 7.35. The summed E-state index contributed by atoms with van der Waals surface area (Å²) in [5.74, 6) is 0. The number of halogens is 2. The first-order valence-electron chi connectivity index (χ1n) is 3.12. The molecule has 0 radical (unpaired) electrons. The first-order valence-corrected chi connectivity index (χ1v) is 3.88. The second-order valence-electron chi connectivity index (χ2n) is 2.22. The van der Waals surface area contributed by atoms with Crippen LogP contribution in [-0.2, 0) is 0 Å². The highest BCUT2D eigenvalue weighted by Crippen LogP contribution is 2.24. The highest BCUT2D eigenvalue weighted by atomic mass is 35.5. The maximum absolute atomic E-state index is 7.35. The Morgan fingerprint density at radius 1 is 1.27 bits per heavy atom. The van der Waals surface area contributed by atoms with E-state index in [0.717, 1.165) is 0 Å². The Morgan fingerprint density at radius 3 is 2.00 bits per heavy atom. The van der Waals surface area contributed by atoms with E-state index in [2.05, 4.69) is 0 Å². The van der Waals surface area contributed by atoms with E-state index in [-0.39, 0.29) is 0 Å². The summed E-state index contributed by atoms with van der Waals surface area (Å²) in [5, 5.41) is 8.41. The predicted octanol–water partition coefficient (Wildman–Crippen LogP) is 3.38. The molecule has 0 saturated carbocycles. The fraction of sp³-hybridized carbons (Fsp3) is 0.125. The van der Waals surface area contributed by atoms with Crippen molar-refractivity contribution >= 4 is 28.9 Å². The van der Waals surface area contributed by atoms with Crippen LogP contribution in [0.25, 0.3) is 0 Å². The molecule has 0 aliphatic rings. The zero-order valence-corrected chi connectivity index (χ0v) is 7.50. The highest BCUT2D eigenvalue weighted by molar-refractivity contribution is 6.39. The fourth-order valence-corrected chi connectivity index (χ4v) is 1.54. The van der Waals surface area contributed by atoms with Gasteiger partial charge in [-0.3, -0.25) is 0 Å². The molecule has 0 bridgehead atoms. The lowest BCUT2D eigenvalue weighted by Crippen LogP contribution is -1.93. The van der Waals surface area contributed by atoms with E-state index in [0.29, 0.717) is 21.3 Å². The van der Waals surface area contributed by atoms with Gasteiger partial charge < -0.3 is 5.41 Å². The molecule has 3 heteroatoms. The minimum absolute atomic E-state index is 0.389. The summed E-state index contributed by atoms with van der Waals surface area (Å²) in [4.78, 5) is 0. The molecular formula is C8H7Cl2N. The van der Waals surface area contributed by atoms with E-state index in [4.69, 9.17) is 28.6 Å². The number of benzene rings is 1. The van der Waals surface area contributed by atoms with Crippen molar-refractivity contribution in [3.8, 4) is 0 Å². The van der Waals surface area contributed by atoms with Gasteiger partial charge in [-0.2, -0.15) is 0 Å². The van der Waals surface area contributed by atoms with E-state index in [9.17, 15) is 0 Å². The van der Waals surface area contributed by atoms with Crippen LogP contribution < -0.4 is 0 Å². The largest absolute Gasteiger partial charge is 0.305 e. The number of hydrogen-bond acceptors (Lipinski definition) is 1. The van der Waals surface area contributed by atoms with Crippen LogP contribution in [0.2, 0.25) is 10.0 Å². The summed E-state index contributed by atoms with van der Waals surface area (Å²) in [5.41, 5.74) is 1.01. The molecule has 1 N–H and O–H groups in total. The van der Waals surface area contributed by atoms with Crippen LogP contribution in [-0.4, -0.2) is 5.71 Å². The molecule has 1 nitrogen and oxygen atoms in total. The van der Waals surface area contributed by atoms with Crippen LogP contribution in [0, 0.1) is 5.41 Å². The van der Waals surface area contributed by atoms with Gasteiger partial charge in [-0.1, -0.05) is 29.3 Å². The third-order valence-electron chi connectivity index (χ3n) is 1.34. The standard InChI is InChI=1S/C8H7Cl2N/c1-5(11)8-6(9)3-2-4-7(8)10/h2-4,11H,1H3. The van der Waals surface area contributed by atoms with Crippen LogP contribution in [0.5, 0.6) is 0 Å². The lowest BCUT2D eigenvalue weighted by atomic mass is 10.1. The molecule has 0 spiro atoms. The predicted molar refractivity (Wildman–Crippen MR) is 49.0 cm³/mol. The Labute approximate surface area is 75.5 Å². The molecule has 1 aromatic rings. The molecule has 0 saturated heterocycles. The van der Waals surface area contributed by atoms with Gasteiger partial charge in [-0.25, -0.2) is 0 Å². The zero-order chi connectivity index (χ0) is 8.43. The number of nitrogens with one attached hydrogen (secondary N) is 1. The lowest BCUT2D eigenvalue weighted by molar-refractivity contribution is 1.45. The van der Waals surface area contributed by atoms with Crippen molar-refractivity contribution in [1.82, 2.24) is 0 Å². The Morgan fingerprint density at radius 2 is 1.73 bits per heavy atom. The molecule has 0 aliphatic carbocycles. The van der Waals surface area contributed by atoms with E-state index in [1.165, 1.54) is 0 Å². The van der Waals surface area contributed by atoms with E-state index in [1.807, 2.05) is 0 Å². The summed E-state index contributed by atoms with van der Waals surface area (Å²) >= 11 is 11.6. The van der Waals surface area contributed by atoms with Crippen molar-refractivity contribution in [2.75, 3.05) is 0 Å². The Balaban J connectivity index is 3.32. The molecule has 0 unspecified atom stereocenters. The first-order chi connectivity index (χ1) is 5.13. The summed E-state index contributed by atoms with van der Waals surface area (Å²) < 4.78 is 0. The average molecular weight is 188 g/mol. The Hall–Kier alpha value is -0.530. The topological polar surface area (TPSA) is 23.9 Å². The van der Waals surface area contributed by atoms with Crippen molar-refractivity contribution < 1.29 is 0 Å². The second kappa shape index (κ2) is 3.24. The quantitative estimate of drug-likeness (QED) is 0.653. The fourth-order valence-electron chi connectivity index (χ4n) is 0.856. The van der Waals surface area contributed by atoms with Gasteiger partial charge in [0.1, 0.15) is 0 Å². The Kier molecular flexibility index (Phi) is 2.53. The lowest BCUT2D eigenvalue weighted by Gasteiger charge is -2.02. The molecular weight excluding hydrogens is 181 g/mol. The second-order valence-corrected chi connectivity index (χ2v) is 3.04. The molecule has 0 heterocycles. The molecule has 0 aromatic heterocycles. The van der Waals surface area contributed by atoms with Gasteiger partial charge in [0.05, 0.1) is 10.0 Å². The third kappa shape index (κ3) is 1.73. The highest BCUT2D eigenvalue weighted by Gasteiger charge is 2.05. The van der Waals surface area contributed by atoms with Gasteiger partial charge in [0, 0.05) is 11.3 Å². The maximum Gasteiger partial charge on any atom is 0.0511 e. The minimum Gasteiger partial charge on any atom is -0.305 e. The van der Waals surface area contributed by atoms with Gasteiger partial charge in [0.15, 0.2) is 0 Å². The average Bonchev–Trinajstić information content (AvgIpc) is 1.85. The molecule has 1 rings (SSSR count). The molecule has 0 atom stereocenters.